The predicted molar refractivity (Wildman–Crippen MR) is 57.8 cm³/mol. The smallest absolute Gasteiger partial charge is 0.260 e. The molecule has 0 unspecified atom stereocenters. The van der Waals surface area contributed by atoms with Crippen LogP contribution in [0, 0.1) is 6.92 Å². The van der Waals surface area contributed by atoms with Gasteiger partial charge in [0.05, 0.1) is 18.1 Å². The molecule has 6 heteroatoms. The standard InChI is InChI=1S/C10H10N4O2/c1-6-8(5-13-16-6)10(15)14-7-2-3-9(11)12-4-7/h2-5H,1H3,(H2,11,12)(H,14,15). The van der Waals surface area contributed by atoms with E-state index in [1.54, 1.807) is 19.1 Å². The minimum atomic E-state index is -0.287. The van der Waals surface area contributed by atoms with Gasteiger partial charge < -0.3 is 15.6 Å². The van der Waals surface area contributed by atoms with Crippen molar-refractivity contribution < 1.29 is 9.32 Å². The third kappa shape index (κ3) is 2.00. The Labute approximate surface area is 91.5 Å². The average Bonchev–Trinajstić information content (AvgIpc) is 2.68. The maximum absolute atomic E-state index is 11.7. The van der Waals surface area contributed by atoms with Crippen LogP contribution in [0.3, 0.4) is 0 Å². The van der Waals surface area contributed by atoms with Crippen LogP contribution in [0.4, 0.5) is 11.5 Å². The number of carbonyl (C=O) groups is 1. The molecule has 2 heterocycles. The van der Waals surface area contributed by atoms with Crippen molar-refractivity contribution in [2.75, 3.05) is 11.1 Å². The number of nitrogens with one attached hydrogen (secondary N) is 1. The van der Waals surface area contributed by atoms with E-state index in [4.69, 9.17) is 10.3 Å². The first kappa shape index (κ1) is 10.2. The lowest BCUT2D eigenvalue weighted by molar-refractivity contribution is 0.102. The summed E-state index contributed by atoms with van der Waals surface area (Å²) in [6.07, 6.45) is 2.85. The van der Waals surface area contributed by atoms with Gasteiger partial charge in [-0.05, 0) is 19.1 Å². The van der Waals surface area contributed by atoms with E-state index in [2.05, 4.69) is 15.5 Å². The van der Waals surface area contributed by atoms with Crippen LogP contribution in [0.1, 0.15) is 16.1 Å². The molecule has 6 nitrogen and oxygen atoms in total. The molecule has 0 atom stereocenters. The van der Waals surface area contributed by atoms with E-state index in [9.17, 15) is 4.79 Å². The largest absolute Gasteiger partial charge is 0.384 e. The molecule has 2 aromatic rings. The van der Waals surface area contributed by atoms with Crippen molar-refractivity contribution in [2.24, 2.45) is 0 Å². The van der Waals surface area contributed by atoms with Crippen LogP contribution >= 0.6 is 0 Å². The number of carbonyl (C=O) groups excluding carboxylic acids is 1. The molecule has 82 valence electrons. The van der Waals surface area contributed by atoms with Crippen molar-refractivity contribution in [1.29, 1.82) is 0 Å². The molecule has 0 radical (unpaired) electrons. The third-order valence-electron chi connectivity index (χ3n) is 2.04. The number of nitrogens with zero attached hydrogens (tertiary/aromatic N) is 2. The number of pyridine rings is 1. The van der Waals surface area contributed by atoms with Crippen molar-refractivity contribution in [2.45, 2.75) is 6.92 Å². The maximum atomic E-state index is 11.7. The molecule has 0 aliphatic carbocycles. The predicted octanol–water partition coefficient (Wildman–Crippen LogP) is 1.21. The second kappa shape index (κ2) is 4.01. The van der Waals surface area contributed by atoms with Gasteiger partial charge in [-0.1, -0.05) is 5.16 Å². The van der Waals surface area contributed by atoms with Gasteiger partial charge in [0, 0.05) is 0 Å². The van der Waals surface area contributed by atoms with E-state index in [1.165, 1.54) is 12.4 Å². The topological polar surface area (TPSA) is 94.0 Å². The Bertz CT molecular complexity index is 504. The van der Waals surface area contributed by atoms with Crippen molar-refractivity contribution in [3.05, 3.63) is 35.9 Å². The highest BCUT2D eigenvalue weighted by Gasteiger charge is 2.12. The van der Waals surface area contributed by atoms with Crippen LogP contribution in [-0.2, 0) is 0 Å². The lowest BCUT2D eigenvalue weighted by Crippen LogP contribution is -2.12. The fraction of sp³-hybridized carbons (Fsp3) is 0.100. The number of hydrogen-bond acceptors (Lipinski definition) is 5. The number of aryl methyl sites for hydroxylation is 1. The summed E-state index contributed by atoms with van der Waals surface area (Å²) in [5, 5.41) is 6.18. The van der Waals surface area contributed by atoms with Crippen LogP contribution in [0.2, 0.25) is 0 Å². The van der Waals surface area contributed by atoms with Gasteiger partial charge in [0.15, 0.2) is 0 Å². The van der Waals surface area contributed by atoms with Crippen LogP contribution in [0.15, 0.2) is 29.0 Å². The molecular formula is C10H10N4O2. The van der Waals surface area contributed by atoms with Crippen molar-refractivity contribution in [1.82, 2.24) is 10.1 Å². The number of aromatic nitrogens is 2. The molecule has 0 bridgehead atoms. The minimum Gasteiger partial charge on any atom is -0.384 e. The summed E-state index contributed by atoms with van der Waals surface area (Å²) in [5.41, 5.74) is 6.40. The number of hydrogen-bond donors (Lipinski definition) is 2. The maximum Gasteiger partial charge on any atom is 0.260 e. The number of anilines is 2. The molecule has 0 spiro atoms. The van der Waals surface area contributed by atoms with Gasteiger partial charge >= 0.3 is 0 Å². The highest BCUT2D eigenvalue weighted by Crippen LogP contribution is 2.11. The molecule has 0 saturated carbocycles. The van der Waals surface area contributed by atoms with E-state index in [0.717, 1.165) is 0 Å². The van der Waals surface area contributed by atoms with E-state index in [0.29, 0.717) is 22.8 Å². The lowest BCUT2D eigenvalue weighted by Gasteiger charge is -2.02. The molecule has 0 aliphatic rings. The number of nitrogens with two attached hydrogens (primary N) is 1. The summed E-state index contributed by atoms with van der Waals surface area (Å²) in [6.45, 7) is 1.67. The van der Waals surface area contributed by atoms with Crippen LogP contribution in [0.25, 0.3) is 0 Å². The summed E-state index contributed by atoms with van der Waals surface area (Å²) in [7, 11) is 0. The normalized spacial score (nSPS) is 10.1. The first-order chi connectivity index (χ1) is 7.66. The van der Waals surface area contributed by atoms with Crippen molar-refractivity contribution in [3.63, 3.8) is 0 Å². The summed E-state index contributed by atoms with van der Waals surface area (Å²) in [5.74, 6) is 0.588. The van der Waals surface area contributed by atoms with Gasteiger partial charge in [0.2, 0.25) is 0 Å². The SMILES string of the molecule is Cc1oncc1C(=O)Nc1ccc(N)nc1. The van der Waals surface area contributed by atoms with Gasteiger partial charge in [-0.15, -0.1) is 0 Å². The zero-order valence-electron chi connectivity index (χ0n) is 8.60. The summed E-state index contributed by atoms with van der Waals surface area (Å²) < 4.78 is 4.80. The Kier molecular flexibility index (Phi) is 2.55. The van der Waals surface area contributed by atoms with Gasteiger partial charge in [-0.2, -0.15) is 0 Å². The van der Waals surface area contributed by atoms with E-state index in [1.807, 2.05) is 0 Å². The molecule has 0 saturated heterocycles. The zero-order chi connectivity index (χ0) is 11.5. The zero-order valence-corrected chi connectivity index (χ0v) is 8.60. The number of amides is 1. The molecule has 1 amide bonds. The quantitative estimate of drug-likeness (QED) is 0.790. The van der Waals surface area contributed by atoms with Crippen molar-refractivity contribution in [3.8, 4) is 0 Å². The van der Waals surface area contributed by atoms with E-state index < -0.39 is 0 Å². The molecular weight excluding hydrogens is 208 g/mol. The number of rotatable bonds is 2. The van der Waals surface area contributed by atoms with Crippen LogP contribution in [0.5, 0.6) is 0 Å². The van der Waals surface area contributed by atoms with Crippen LogP contribution < -0.4 is 11.1 Å². The average molecular weight is 218 g/mol. The molecule has 2 aromatic heterocycles. The van der Waals surface area contributed by atoms with Gasteiger partial charge in [-0.3, -0.25) is 4.79 Å². The van der Waals surface area contributed by atoms with Gasteiger partial charge in [0.1, 0.15) is 17.1 Å². The summed E-state index contributed by atoms with van der Waals surface area (Å²) >= 11 is 0. The Morgan fingerprint density at radius 1 is 1.44 bits per heavy atom. The molecule has 0 fully saturated rings. The van der Waals surface area contributed by atoms with Crippen molar-refractivity contribution >= 4 is 17.4 Å². The second-order valence-electron chi connectivity index (χ2n) is 3.22. The monoisotopic (exact) mass is 218 g/mol. The minimum absolute atomic E-state index is 0.287. The molecule has 2 rings (SSSR count). The molecule has 16 heavy (non-hydrogen) atoms. The highest BCUT2D eigenvalue weighted by atomic mass is 16.5. The van der Waals surface area contributed by atoms with Crippen LogP contribution in [-0.4, -0.2) is 16.0 Å². The Morgan fingerprint density at radius 2 is 2.25 bits per heavy atom. The number of nitrogen functional groups attached to an aromatic ring is 1. The fourth-order valence-corrected chi connectivity index (χ4v) is 1.19. The third-order valence-corrected chi connectivity index (χ3v) is 2.04. The van der Waals surface area contributed by atoms with Gasteiger partial charge in [0.25, 0.3) is 5.91 Å². The van der Waals surface area contributed by atoms with Gasteiger partial charge in [-0.25, -0.2) is 4.98 Å². The Balaban J connectivity index is 2.14. The Hall–Kier alpha value is -2.37. The first-order valence-electron chi connectivity index (χ1n) is 4.61. The summed E-state index contributed by atoms with van der Waals surface area (Å²) in [4.78, 5) is 15.6. The van der Waals surface area contributed by atoms with E-state index in [-0.39, 0.29) is 5.91 Å². The molecule has 0 aromatic carbocycles. The van der Waals surface area contributed by atoms with E-state index >= 15 is 0 Å². The molecule has 3 N–H and O–H groups in total. The second-order valence-corrected chi connectivity index (χ2v) is 3.22. The Morgan fingerprint density at radius 3 is 2.81 bits per heavy atom. The fourth-order valence-electron chi connectivity index (χ4n) is 1.19. The highest BCUT2D eigenvalue weighted by molar-refractivity contribution is 6.04. The lowest BCUT2D eigenvalue weighted by atomic mass is 10.2. The summed E-state index contributed by atoms with van der Waals surface area (Å²) in [6, 6.07) is 3.28. The first-order valence-corrected chi connectivity index (χ1v) is 4.61. The molecule has 0 aliphatic heterocycles.